The van der Waals surface area contributed by atoms with Crippen LogP contribution in [0.25, 0.3) is 5.69 Å². The highest BCUT2D eigenvalue weighted by atomic mass is 16.5. The van der Waals surface area contributed by atoms with Crippen LogP contribution in [0.2, 0.25) is 0 Å². The summed E-state index contributed by atoms with van der Waals surface area (Å²) in [5.74, 6) is 0.518. The smallest absolute Gasteiger partial charge is 0.253 e. The molecule has 132 valence electrons. The van der Waals surface area contributed by atoms with Crippen molar-refractivity contribution in [3.05, 3.63) is 54.7 Å². The summed E-state index contributed by atoms with van der Waals surface area (Å²) in [5.41, 5.74) is 1.37. The average molecular weight is 351 g/mol. The van der Waals surface area contributed by atoms with E-state index in [-0.39, 0.29) is 12.0 Å². The lowest BCUT2D eigenvalue weighted by atomic mass is 10.1. The van der Waals surface area contributed by atoms with Crippen LogP contribution in [0.4, 0.5) is 0 Å². The molecule has 0 bridgehead atoms. The molecule has 0 N–H and O–H groups in total. The maximum Gasteiger partial charge on any atom is 0.253 e. The molecule has 0 saturated carbocycles. The van der Waals surface area contributed by atoms with Crippen LogP contribution in [0.1, 0.15) is 23.2 Å². The molecule has 4 rings (SSSR count). The quantitative estimate of drug-likeness (QED) is 0.695. The molecule has 1 saturated heterocycles. The van der Waals surface area contributed by atoms with E-state index in [2.05, 4.69) is 25.5 Å². The number of carbonyl (C=O) groups is 1. The molecule has 3 aromatic rings. The van der Waals surface area contributed by atoms with Crippen molar-refractivity contribution < 1.29 is 9.53 Å². The van der Waals surface area contributed by atoms with Crippen LogP contribution in [0.5, 0.6) is 5.88 Å². The Morgan fingerprint density at radius 2 is 2.08 bits per heavy atom. The SMILES string of the molecule is O=C(c1cccc(-n2cnnn2)c1)N1CCC(Oc2cnccn2)CC1. The van der Waals surface area contributed by atoms with Crippen LogP contribution in [0, 0.1) is 0 Å². The summed E-state index contributed by atoms with van der Waals surface area (Å²) in [5, 5.41) is 11.1. The molecule has 0 spiro atoms. The third-order valence-corrected chi connectivity index (χ3v) is 4.26. The maximum absolute atomic E-state index is 12.8. The maximum atomic E-state index is 12.8. The minimum atomic E-state index is -0.00197. The van der Waals surface area contributed by atoms with Gasteiger partial charge in [-0.05, 0) is 28.6 Å². The second kappa shape index (κ2) is 7.26. The van der Waals surface area contributed by atoms with E-state index in [1.54, 1.807) is 30.7 Å². The Labute approximate surface area is 149 Å². The number of likely N-dealkylation sites (tertiary alicyclic amines) is 1. The Hall–Kier alpha value is -3.36. The number of ether oxygens (including phenoxy) is 1. The van der Waals surface area contributed by atoms with E-state index >= 15 is 0 Å². The van der Waals surface area contributed by atoms with Crippen molar-refractivity contribution in [2.75, 3.05) is 13.1 Å². The highest BCUT2D eigenvalue weighted by Crippen LogP contribution is 2.19. The van der Waals surface area contributed by atoms with Crippen LogP contribution in [-0.2, 0) is 0 Å². The summed E-state index contributed by atoms with van der Waals surface area (Å²) >= 11 is 0. The first-order valence-corrected chi connectivity index (χ1v) is 8.35. The van der Waals surface area contributed by atoms with E-state index in [9.17, 15) is 4.79 Å². The van der Waals surface area contributed by atoms with Crippen molar-refractivity contribution in [1.29, 1.82) is 0 Å². The van der Waals surface area contributed by atoms with Crippen LogP contribution in [0.3, 0.4) is 0 Å². The van der Waals surface area contributed by atoms with Gasteiger partial charge in [-0.2, -0.15) is 0 Å². The summed E-state index contributed by atoms with van der Waals surface area (Å²) in [4.78, 5) is 22.8. The molecular weight excluding hydrogens is 334 g/mol. The molecule has 1 aromatic carbocycles. The summed E-state index contributed by atoms with van der Waals surface area (Å²) in [6.07, 6.45) is 7.87. The molecule has 2 aromatic heterocycles. The summed E-state index contributed by atoms with van der Waals surface area (Å²) in [6, 6.07) is 7.28. The molecule has 0 radical (unpaired) electrons. The Morgan fingerprint density at radius 3 is 2.81 bits per heavy atom. The van der Waals surface area contributed by atoms with Gasteiger partial charge in [0.15, 0.2) is 0 Å². The molecule has 1 aliphatic heterocycles. The van der Waals surface area contributed by atoms with Crippen molar-refractivity contribution in [1.82, 2.24) is 35.1 Å². The number of tetrazole rings is 1. The van der Waals surface area contributed by atoms with E-state index in [0.717, 1.165) is 18.5 Å². The van der Waals surface area contributed by atoms with Gasteiger partial charge < -0.3 is 9.64 Å². The number of piperidine rings is 1. The fourth-order valence-corrected chi connectivity index (χ4v) is 2.94. The minimum absolute atomic E-state index is 0.00197. The van der Waals surface area contributed by atoms with Gasteiger partial charge >= 0.3 is 0 Å². The summed E-state index contributed by atoms with van der Waals surface area (Å²) in [7, 11) is 0. The molecule has 0 unspecified atom stereocenters. The highest BCUT2D eigenvalue weighted by Gasteiger charge is 2.25. The van der Waals surface area contributed by atoms with Crippen molar-refractivity contribution in [3.63, 3.8) is 0 Å². The molecule has 3 heterocycles. The Balaban J connectivity index is 1.39. The van der Waals surface area contributed by atoms with Gasteiger partial charge in [-0.3, -0.25) is 9.78 Å². The number of amides is 1. The van der Waals surface area contributed by atoms with Crippen LogP contribution in [0.15, 0.2) is 49.2 Å². The fourth-order valence-electron chi connectivity index (χ4n) is 2.94. The normalized spacial score (nSPS) is 15.0. The van der Waals surface area contributed by atoms with Gasteiger partial charge in [0.2, 0.25) is 5.88 Å². The van der Waals surface area contributed by atoms with Gasteiger partial charge in [-0.15, -0.1) is 5.10 Å². The number of hydrogen-bond acceptors (Lipinski definition) is 7. The zero-order chi connectivity index (χ0) is 17.8. The molecule has 9 nitrogen and oxygen atoms in total. The average Bonchev–Trinajstić information content (AvgIpc) is 3.24. The van der Waals surface area contributed by atoms with Crippen molar-refractivity contribution in [2.24, 2.45) is 0 Å². The monoisotopic (exact) mass is 351 g/mol. The third-order valence-electron chi connectivity index (χ3n) is 4.26. The predicted molar refractivity (Wildman–Crippen MR) is 90.7 cm³/mol. The first kappa shape index (κ1) is 16.1. The number of nitrogens with zero attached hydrogens (tertiary/aromatic N) is 7. The van der Waals surface area contributed by atoms with Crippen LogP contribution in [-0.4, -0.2) is 60.2 Å². The first-order chi connectivity index (χ1) is 12.8. The van der Waals surface area contributed by atoms with E-state index in [1.807, 2.05) is 17.0 Å². The van der Waals surface area contributed by atoms with Gasteiger partial charge in [0.25, 0.3) is 5.91 Å². The largest absolute Gasteiger partial charge is 0.473 e. The van der Waals surface area contributed by atoms with Gasteiger partial charge in [-0.1, -0.05) is 6.07 Å². The van der Waals surface area contributed by atoms with Crippen molar-refractivity contribution >= 4 is 5.91 Å². The van der Waals surface area contributed by atoms with Gasteiger partial charge in [0.05, 0.1) is 11.9 Å². The predicted octanol–water partition coefficient (Wildman–Crippen LogP) is 1.14. The standard InChI is InChI=1S/C17H17N7O2/c25-17(13-2-1-3-14(10-13)24-12-20-21-22-24)23-8-4-15(5-9-23)26-16-11-18-6-7-19-16/h1-3,6-7,10-12,15H,4-5,8-9H2. The Bertz CT molecular complexity index is 862. The molecule has 0 aliphatic carbocycles. The second-order valence-electron chi connectivity index (χ2n) is 5.96. The Morgan fingerprint density at radius 1 is 1.19 bits per heavy atom. The lowest BCUT2D eigenvalue weighted by Gasteiger charge is -2.32. The number of benzene rings is 1. The molecule has 26 heavy (non-hydrogen) atoms. The van der Waals surface area contributed by atoms with Crippen LogP contribution < -0.4 is 4.74 Å². The van der Waals surface area contributed by atoms with Crippen molar-refractivity contribution in [2.45, 2.75) is 18.9 Å². The van der Waals surface area contributed by atoms with E-state index in [0.29, 0.717) is 24.5 Å². The minimum Gasteiger partial charge on any atom is -0.473 e. The zero-order valence-electron chi connectivity index (χ0n) is 14.0. The van der Waals surface area contributed by atoms with E-state index in [4.69, 9.17) is 4.74 Å². The lowest BCUT2D eigenvalue weighted by molar-refractivity contribution is 0.0587. The van der Waals surface area contributed by atoms with Gasteiger partial charge in [-0.25, -0.2) is 9.67 Å². The third kappa shape index (κ3) is 3.51. The second-order valence-corrected chi connectivity index (χ2v) is 5.96. The molecule has 1 amide bonds. The fraction of sp³-hybridized carbons (Fsp3) is 0.294. The van der Waals surface area contributed by atoms with Crippen LogP contribution >= 0.6 is 0 Å². The number of rotatable bonds is 4. The Kier molecular flexibility index (Phi) is 4.50. The highest BCUT2D eigenvalue weighted by molar-refractivity contribution is 5.94. The molecule has 0 atom stereocenters. The number of aromatic nitrogens is 6. The van der Waals surface area contributed by atoms with E-state index < -0.39 is 0 Å². The lowest BCUT2D eigenvalue weighted by Crippen LogP contribution is -2.41. The van der Waals surface area contributed by atoms with Gasteiger partial charge in [0.1, 0.15) is 12.4 Å². The molecular formula is C17H17N7O2. The molecule has 1 aliphatic rings. The zero-order valence-corrected chi connectivity index (χ0v) is 14.0. The topological polar surface area (TPSA) is 98.9 Å². The summed E-state index contributed by atoms with van der Waals surface area (Å²) < 4.78 is 7.35. The van der Waals surface area contributed by atoms with Crippen molar-refractivity contribution in [3.8, 4) is 11.6 Å². The van der Waals surface area contributed by atoms with E-state index in [1.165, 1.54) is 11.0 Å². The van der Waals surface area contributed by atoms with Gasteiger partial charge in [0, 0.05) is 43.9 Å². The number of hydrogen-bond donors (Lipinski definition) is 0. The number of carbonyl (C=O) groups excluding carboxylic acids is 1. The summed E-state index contributed by atoms with van der Waals surface area (Å²) in [6.45, 7) is 1.28. The molecule has 9 heteroatoms. The first-order valence-electron chi connectivity index (χ1n) is 8.35. The molecule has 1 fully saturated rings.